The molecule has 3 rings (SSSR count). The molecule has 1 saturated heterocycles. The molecule has 2 heterocycles. The highest BCUT2D eigenvalue weighted by Gasteiger charge is 2.29. The van der Waals surface area contributed by atoms with Crippen molar-refractivity contribution in [3.05, 3.63) is 47.6 Å². The molecule has 1 fully saturated rings. The number of benzene rings is 1. The number of nitrogens with zero attached hydrogens (tertiary/aromatic N) is 3. The molecule has 0 radical (unpaired) electrons. The topological polar surface area (TPSA) is 82.5 Å². The third-order valence-electron chi connectivity index (χ3n) is 7.49. The van der Waals surface area contributed by atoms with E-state index in [1.54, 1.807) is 4.90 Å². The van der Waals surface area contributed by atoms with Crippen molar-refractivity contribution in [2.24, 2.45) is 11.8 Å². The van der Waals surface area contributed by atoms with E-state index in [1.165, 1.54) is 0 Å². The molecule has 1 aromatic rings. The first-order valence-corrected chi connectivity index (χ1v) is 13.7. The number of carbonyl (C=O) groups excluding carboxylic acids is 2. The van der Waals surface area contributed by atoms with Crippen LogP contribution in [0.15, 0.2) is 42.0 Å². The van der Waals surface area contributed by atoms with E-state index in [0.29, 0.717) is 25.9 Å². The van der Waals surface area contributed by atoms with Crippen LogP contribution in [-0.4, -0.2) is 92.6 Å². The van der Waals surface area contributed by atoms with Crippen molar-refractivity contribution in [1.29, 1.82) is 0 Å². The molecule has 2 aliphatic heterocycles. The second-order valence-electron chi connectivity index (χ2n) is 11.1. The molecule has 0 saturated carbocycles. The van der Waals surface area contributed by atoms with Gasteiger partial charge in [-0.1, -0.05) is 38.1 Å². The Morgan fingerprint density at radius 3 is 2.53 bits per heavy atom. The zero-order chi connectivity index (χ0) is 27.8. The summed E-state index contributed by atoms with van der Waals surface area (Å²) in [5, 5.41) is 10.5. The summed E-state index contributed by atoms with van der Waals surface area (Å²) in [6.45, 7) is 8.91. The molecule has 8 nitrogen and oxygen atoms in total. The summed E-state index contributed by atoms with van der Waals surface area (Å²) in [6, 6.07) is 8.15. The predicted octanol–water partition coefficient (Wildman–Crippen LogP) is 4.19. The molecule has 0 bridgehead atoms. The fourth-order valence-corrected chi connectivity index (χ4v) is 4.87. The van der Waals surface area contributed by atoms with E-state index in [1.807, 2.05) is 83.2 Å². The molecule has 0 spiro atoms. The van der Waals surface area contributed by atoms with Crippen LogP contribution in [0.1, 0.15) is 45.6 Å². The van der Waals surface area contributed by atoms with Crippen LogP contribution in [0.2, 0.25) is 0 Å². The van der Waals surface area contributed by atoms with Gasteiger partial charge in [0, 0.05) is 51.9 Å². The van der Waals surface area contributed by atoms with Gasteiger partial charge in [-0.05, 0) is 62.1 Å². The Morgan fingerprint density at radius 1 is 1.13 bits per heavy atom. The maximum Gasteiger partial charge on any atom is 0.410 e. The van der Waals surface area contributed by atoms with Crippen LogP contribution < -0.4 is 4.90 Å². The third-order valence-corrected chi connectivity index (χ3v) is 7.49. The smallest absolute Gasteiger partial charge is 0.410 e. The number of esters is 1. The normalized spacial score (nSPS) is 29.0. The van der Waals surface area contributed by atoms with Gasteiger partial charge in [-0.2, -0.15) is 0 Å². The van der Waals surface area contributed by atoms with Crippen molar-refractivity contribution in [2.75, 3.05) is 52.2 Å². The first kappa shape index (κ1) is 29.7. The highest BCUT2D eigenvalue weighted by Crippen LogP contribution is 2.26. The zero-order valence-corrected chi connectivity index (χ0v) is 23.8. The summed E-state index contributed by atoms with van der Waals surface area (Å²) < 4.78 is 11.9. The summed E-state index contributed by atoms with van der Waals surface area (Å²) in [5.74, 6) is -0.589. The molecule has 5 atom stereocenters. The van der Waals surface area contributed by atoms with E-state index in [0.717, 1.165) is 29.9 Å². The SMILES string of the molecule is C/C(=C\c1cccc(N(C)C)c1)[C@H]1OC(=O)C[C@H](O)CC[C@H](C)[C@@H](OC(=O)N2CCN(C)CC2)/C=C/[C@@H]1C. The van der Waals surface area contributed by atoms with Gasteiger partial charge >= 0.3 is 12.1 Å². The monoisotopic (exact) mass is 527 g/mol. The first-order chi connectivity index (χ1) is 18.0. The van der Waals surface area contributed by atoms with Crippen LogP contribution in [0, 0.1) is 11.8 Å². The van der Waals surface area contributed by atoms with Crippen molar-refractivity contribution < 1.29 is 24.2 Å². The summed E-state index contributed by atoms with van der Waals surface area (Å²) in [7, 11) is 6.04. The Labute approximate surface area is 227 Å². The average molecular weight is 528 g/mol. The van der Waals surface area contributed by atoms with Crippen molar-refractivity contribution in [1.82, 2.24) is 9.80 Å². The van der Waals surface area contributed by atoms with Gasteiger partial charge in [0.2, 0.25) is 0 Å². The maximum absolute atomic E-state index is 13.0. The number of carbonyl (C=O) groups is 2. The van der Waals surface area contributed by atoms with Crippen LogP contribution in [0.4, 0.5) is 10.5 Å². The summed E-state index contributed by atoms with van der Waals surface area (Å²) >= 11 is 0. The lowest BCUT2D eigenvalue weighted by atomic mass is 9.91. The second-order valence-corrected chi connectivity index (χ2v) is 11.1. The summed E-state index contributed by atoms with van der Waals surface area (Å²) in [5.41, 5.74) is 2.99. The number of aliphatic hydroxyl groups is 1. The molecule has 0 aromatic heterocycles. The molecule has 1 aromatic carbocycles. The van der Waals surface area contributed by atoms with Gasteiger partial charge in [0.05, 0.1) is 12.5 Å². The highest BCUT2D eigenvalue weighted by atomic mass is 16.6. The van der Waals surface area contributed by atoms with E-state index >= 15 is 0 Å². The Kier molecular flexibility index (Phi) is 10.8. The average Bonchev–Trinajstić information content (AvgIpc) is 2.87. The van der Waals surface area contributed by atoms with Gasteiger partial charge in [0.15, 0.2) is 0 Å². The lowest BCUT2D eigenvalue weighted by Crippen LogP contribution is -2.48. The third kappa shape index (κ3) is 8.60. The van der Waals surface area contributed by atoms with E-state index < -0.39 is 24.3 Å². The van der Waals surface area contributed by atoms with Gasteiger partial charge in [0.1, 0.15) is 12.2 Å². The molecule has 38 heavy (non-hydrogen) atoms. The number of likely N-dealkylation sites (N-methyl/N-ethyl adjacent to an activating group) is 1. The first-order valence-electron chi connectivity index (χ1n) is 13.7. The molecule has 1 N–H and O–H groups in total. The molecular weight excluding hydrogens is 482 g/mol. The number of cyclic esters (lactones) is 1. The number of piperazine rings is 1. The molecule has 8 heteroatoms. The van der Waals surface area contributed by atoms with Crippen LogP contribution in [-0.2, 0) is 14.3 Å². The predicted molar refractivity (Wildman–Crippen MR) is 151 cm³/mol. The molecule has 1 amide bonds. The Bertz CT molecular complexity index is 999. The standard InChI is InChI=1S/C30H45N3O5/c1-21-10-12-26(34)20-28(35)38-29(23(3)18-24-8-7-9-25(19-24)31(4)5)22(2)11-13-27(21)37-30(36)33-16-14-32(6)15-17-33/h7-9,11,13,18-19,21-22,26-27,29,34H,10,12,14-17,20H2,1-6H3/b13-11+,23-18+/t21-,22-,26+,27-,29-/m0/s1. The molecule has 0 aliphatic carbocycles. The van der Waals surface area contributed by atoms with E-state index in [9.17, 15) is 14.7 Å². The van der Waals surface area contributed by atoms with Crippen LogP contribution in [0.3, 0.4) is 0 Å². The lowest BCUT2D eigenvalue weighted by Gasteiger charge is -2.33. The van der Waals surface area contributed by atoms with E-state index in [2.05, 4.69) is 11.0 Å². The minimum absolute atomic E-state index is 0.0103. The minimum Gasteiger partial charge on any atom is -0.457 e. The number of hydrogen-bond donors (Lipinski definition) is 1. The lowest BCUT2D eigenvalue weighted by molar-refractivity contribution is -0.151. The van der Waals surface area contributed by atoms with Crippen molar-refractivity contribution in [3.63, 3.8) is 0 Å². The van der Waals surface area contributed by atoms with Crippen molar-refractivity contribution >= 4 is 23.8 Å². The number of anilines is 1. The highest BCUT2D eigenvalue weighted by molar-refractivity contribution is 5.71. The fraction of sp³-hybridized carbons (Fsp3) is 0.600. The molecule has 2 aliphatic rings. The van der Waals surface area contributed by atoms with E-state index in [-0.39, 0.29) is 24.3 Å². The second kappa shape index (κ2) is 13.8. The van der Waals surface area contributed by atoms with Gasteiger partial charge in [-0.3, -0.25) is 4.79 Å². The van der Waals surface area contributed by atoms with Crippen LogP contribution in [0.25, 0.3) is 6.08 Å². The quantitative estimate of drug-likeness (QED) is 0.464. The fourth-order valence-electron chi connectivity index (χ4n) is 4.87. The Balaban J connectivity index is 1.84. The van der Waals surface area contributed by atoms with Crippen molar-refractivity contribution in [2.45, 2.75) is 58.3 Å². The van der Waals surface area contributed by atoms with Gasteiger partial charge in [-0.25, -0.2) is 4.79 Å². The molecule has 210 valence electrons. The number of hydrogen-bond acceptors (Lipinski definition) is 7. The largest absolute Gasteiger partial charge is 0.457 e. The van der Waals surface area contributed by atoms with Gasteiger partial charge in [-0.15, -0.1) is 0 Å². The number of amides is 1. The number of rotatable bonds is 4. The molecule has 0 unspecified atom stereocenters. The molecular formula is C30H45N3O5. The van der Waals surface area contributed by atoms with Gasteiger partial charge in [0.25, 0.3) is 0 Å². The van der Waals surface area contributed by atoms with Crippen LogP contribution >= 0.6 is 0 Å². The minimum atomic E-state index is -0.806. The summed E-state index contributed by atoms with van der Waals surface area (Å²) in [4.78, 5) is 31.7. The number of ether oxygens (including phenoxy) is 2. The van der Waals surface area contributed by atoms with Crippen LogP contribution in [0.5, 0.6) is 0 Å². The van der Waals surface area contributed by atoms with Crippen molar-refractivity contribution in [3.8, 4) is 0 Å². The van der Waals surface area contributed by atoms with E-state index in [4.69, 9.17) is 9.47 Å². The maximum atomic E-state index is 13.0. The summed E-state index contributed by atoms with van der Waals surface area (Å²) in [6.07, 6.45) is 4.88. The zero-order valence-electron chi connectivity index (χ0n) is 23.8. The number of aliphatic hydroxyl groups excluding tert-OH is 1. The Morgan fingerprint density at radius 2 is 1.84 bits per heavy atom. The Hall–Kier alpha value is -2.84. The van der Waals surface area contributed by atoms with Gasteiger partial charge < -0.3 is 29.3 Å².